The fraction of sp³-hybridized carbons (Fsp3) is 0.550. The molecule has 2 aromatic rings. The lowest BCUT2D eigenvalue weighted by Gasteiger charge is -2.46. The van der Waals surface area contributed by atoms with Crippen LogP contribution in [0.4, 0.5) is 26.1 Å². The minimum Gasteiger partial charge on any atom is -0.355 e. The van der Waals surface area contributed by atoms with Gasteiger partial charge in [-0.25, -0.2) is 13.8 Å². The summed E-state index contributed by atoms with van der Waals surface area (Å²) < 4.78 is 28.3. The molecule has 10 heteroatoms. The van der Waals surface area contributed by atoms with Crippen molar-refractivity contribution >= 4 is 35.1 Å². The molecule has 2 aromatic heterocycles. The second-order valence-electron chi connectivity index (χ2n) is 8.42. The summed E-state index contributed by atoms with van der Waals surface area (Å²) in [7, 11) is 0. The lowest BCUT2D eigenvalue weighted by molar-refractivity contribution is -0.148. The Labute approximate surface area is 178 Å². The van der Waals surface area contributed by atoms with Gasteiger partial charge in [0.25, 0.3) is 5.92 Å². The van der Waals surface area contributed by atoms with Crippen molar-refractivity contribution in [2.75, 3.05) is 36.4 Å². The zero-order chi connectivity index (χ0) is 20.9. The SMILES string of the molecule is N=Cc1cc(Cl)c(N2CCC(N3CC(F)(F)C3)CC2)nc1Nc1cnn(C2CC2)c1. The Hall–Kier alpha value is -2.26. The summed E-state index contributed by atoms with van der Waals surface area (Å²) in [5.41, 5.74) is 1.42. The molecule has 3 aliphatic rings. The van der Waals surface area contributed by atoms with Crippen LogP contribution in [0.5, 0.6) is 0 Å². The molecular weight excluding hydrogens is 412 g/mol. The number of nitrogens with zero attached hydrogens (tertiary/aromatic N) is 5. The summed E-state index contributed by atoms with van der Waals surface area (Å²) in [6.45, 7) is 1.16. The maximum absolute atomic E-state index is 13.2. The smallest absolute Gasteiger partial charge is 0.272 e. The Morgan fingerprint density at radius 2 is 1.90 bits per heavy atom. The van der Waals surface area contributed by atoms with Gasteiger partial charge in [-0.05, 0) is 31.7 Å². The molecule has 30 heavy (non-hydrogen) atoms. The van der Waals surface area contributed by atoms with Crippen molar-refractivity contribution in [1.29, 1.82) is 5.41 Å². The first-order valence-corrected chi connectivity index (χ1v) is 10.7. The fourth-order valence-corrected chi connectivity index (χ4v) is 4.53. The molecule has 1 saturated carbocycles. The number of pyridine rings is 1. The lowest BCUT2D eigenvalue weighted by atomic mass is 9.98. The van der Waals surface area contributed by atoms with Crippen molar-refractivity contribution in [3.63, 3.8) is 0 Å². The van der Waals surface area contributed by atoms with Crippen molar-refractivity contribution in [1.82, 2.24) is 19.7 Å². The van der Waals surface area contributed by atoms with E-state index < -0.39 is 5.92 Å². The van der Waals surface area contributed by atoms with E-state index in [1.54, 1.807) is 12.3 Å². The first kappa shape index (κ1) is 19.7. The van der Waals surface area contributed by atoms with E-state index in [4.69, 9.17) is 22.0 Å². The van der Waals surface area contributed by atoms with Crippen LogP contribution in [0.3, 0.4) is 0 Å². The third-order valence-electron chi connectivity index (χ3n) is 6.08. The van der Waals surface area contributed by atoms with Crippen LogP contribution in [-0.2, 0) is 0 Å². The van der Waals surface area contributed by atoms with Gasteiger partial charge < -0.3 is 15.6 Å². The molecule has 0 unspecified atom stereocenters. The molecule has 3 fully saturated rings. The summed E-state index contributed by atoms with van der Waals surface area (Å²) in [5, 5.41) is 15.8. The lowest BCUT2D eigenvalue weighted by Crippen LogP contribution is -2.61. The predicted molar refractivity (Wildman–Crippen MR) is 113 cm³/mol. The maximum Gasteiger partial charge on any atom is 0.272 e. The Balaban J connectivity index is 1.30. The summed E-state index contributed by atoms with van der Waals surface area (Å²) in [4.78, 5) is 8.69. The highest BCUT2D eigenvalue weighted by atomic mass is 35.5. The fourth-order valence-electron chi connectivity index (χ4n) is 4.25. The number of rotatable bonds is 6. The average Bonchev–Trinajstić information content (AvgIpc) is 3.46. The van der Waals surface area contributed by atoms with E-state index in [2.05, 4.69) is 15.3 Å². The van der Waals surface area contributed by atoms with E-state index in [0.717, 1.165) is 31.4 Å². The molecule has 0 atom stereocenters. The first-order valence-electron chi connectivity index (χ1n) is 10.3. The number of piperidine rings is 1. The van der Waals surface area contributed by atoms with E-state index in [-0.39, 0.29) is 19.1 Å². The Morgan fingerprint density at radius 3 is 2.53 bits per heavy atom. The first-order chi connectivity index (χ1) is 14.4. The van der Waals surface area contributed by atoms with Gasteiger partial charge >= 0.3 is 0 Å². The Morgan fingerprint density at radius 1 is 1.17 bits per heavy atom. The largest absolute Gasteiger partial charge is 0.355 e. The summed E-state index contributed by atoms with van der Waals surface area (Å²) in [5.74, 6) is -1.31. The van der Waals surface area contributed by atoms with Crippen molar-refractivity contribution in [2.24, 2.45) is 0 Å². The summed E-state index contributed by atoms with van der Waals surface area (Å²) in [6, 6.07) is 2.42. The number of aromatic nitrogens is 3. The van der Waals surface area contributed by atoms with E-state index >= 15 is 0 Å². The number of alkyl halides is 2. The standard InChI is InChI=1S/C20H24ClF2N7/c21-17-7-13(8-24)18(26-14-9-25-30(10-14)16-1-2-16)27-19(17)28-5-3-15(4-6-28)29-11-20(22,23)12-29/h7-10,15-16,24H,1-6,11-12H2,(H,26,27). The Bertz CT molecular complexity index is 943. The van der Waals surface area contributed by atoms with Gasteiger partial charge in [0.2, 0.25) is 0 Å². The normalized spacial score (nSPS) is 22.0. The van der Waals surface area contributed by atoms with Gasteiger partial charge in [0.05, 0.1) is 36.0 Å². The summed E-state index contributed by atoms with van der Waals surface area (Å²) >= 11 is 6.48. The highest BCUT2D eigenvalue weighted by Gasteiger charge is 2.47. The molecular formula is C20H24ClF2N7. The van der Waals surface area contributed by atoms with Crippen LogP contribution in [0.15, 0.2) is 18.5 Å². The molecule has 7 nitrogen and oxygen atoms in total. The molecule has 0 spiro atoms. The molecule has 2 aliphatic heterocycles. The number of halogens is 3. The maximum atomic E-state index is 13.2. The Kier molecular flexibility index (Phi) is 4.89. The zero-order valence-corrected chi connectivity index (χ0v) is 17.2. The number of anilines is 3. The third kappa shape index (κ3) is 3.88. The van der Waals surface area contributed by atoms with E-state index in [1.807, 2.05) is 15.8 Å². The number of likely N-dealkylation sites (tertiary alicyclic amines) is 1. The van der Waals surface area contributed by atoms with E-state index in [9.17, 15) is 8.78 Å². The van der Waals surface area contributed by atoms with Crippen LogP contribution in [0.25, 0.3) is 0 Å². The molecule has 0 amide bonds. The van der Waals surface area contributed by atoms with Crippen LogP contribution in [-0.4, -0.2) is 64.0 Å². The molecule has 5 rings (SSSR count). The molecule has 2 saturated heterocycles. The highest BCUT2D eigenvalue weighted by molar-refractivity contribution is 6.33. The number of hydrogen-bond donors (Lipinski definition) is 2. The van der Waals surface area contributed by atoms with Crippen molar-refractivity contribution in [2.45, 2.75) is 43.7 Å². The van der Waals surface area contributed by atoms with E-state index in [0.29, 0.717) is 41.4 Å². The van der Waals surface area contributed by atoms with Gasteiger partial charge in [0.15, 0.2) is 0 Å². The molecule has 0 bridgehead atoms. The second kappa shape index (κ2) is 7.46. The molecule has 2 N–H and O–H groups in total. The molecule has 1 aliphatic carbocycles. The molecule has 0 aromatic carbocycles. The molecule has 160 valence electrons. The van der Waals surface area contributed by atoms with Crippen molar-refractivity contribution in [3.8, 4) is 0 Å². The summed E-state index contributed by atoms with van der Waals surface area (Å²) in [6.07, 6.45) is 8.86. The minimum absolute atomic E-state index is 0.132. The van der Waals surface area contributed by atoms with Gasteiger partial charge in [-0.1, -0.05) is 11.6 Å². The van der Waals surface area contributed by atoms with Crippen LogP contribution >= 0.6 is 11.6 Å². The quantitative estimate of drug-likeness (QED) is 0.672. The van der Waals surface area contributed by atoms with Gasteiger partial charge in [0, 0.05) is 37.1 Å². The van der Waals surface area contributed by atoms with Crippen LogP contribution in [0, 0.1) is 5.41 Å². The molecule has 0 radical (unpaired) electrons. The monoisotopic (exact) mass is 435 g/mol. The van der Waals surface area contributed by atoms with Crippen LogP contribution < -0.4 is 10.2 Å². The zero-order valence-electron chi connectivity index (χ0n) is 16.5. The minimum atomic E-state index is -2.53. The van der Waals surface area contributed by atoms with Gasteiger partial charge in [-0.15, -0.1) is 0 Å². The van der Waals surface area contributed by atoms with Gasteiger partial charge in [-0.2, -0.15) is 5.10 Å². The van der Waals surface area contributed by atoms with Gasteiger partial charge in [-0.3, -0.25) is 9.58 Å². The van der Waals surface area contributed by atoms with Crippen molar-refractivity contribution < 1.29 is 8.78 Å². The van der Waals surface area contributed by atoms with E-state index in [1.165, 1.54) is 6.21 Å². The topological polar surface area (TPSA) is 73.1 Å². The van der Waals surface area contributed by atoms with Crippen molar-refractivity contribution in [3.05, 3.63) is 29.0 Å². The van der Waals surface area contributed by atoms with Crippen LogP contribution in [0.2, 0.25) is 5.02 Å². The van der Waals surface area contributed by atoms with Crippen LogP contribution in [0.1, 0.15) is 37.3 Å². The average molecular weight is 436 g/mol. The second-order valence-corrected chi connectivity index (χ2v) is 8.83. The highest BCUT2D eigenvalue weighted by Crippen LogP contribution is 2.36. The third-order valence-corrected chi connectivity index (χ3v) is 6.36. The predicted octanol–water partition coefficient (Wildman–Crippen LogP) is 3.93. The number of nitrogens with one attached hydrogen (secondary N) is 2. The molecule has 4 heterocycles. The van der Waals surface area contributed by atoms with Gasteiger partial charge in [0.1, 0.15) is 11.6 Å². The number of hydrogen-bond acceptors (Lipinski definition) is 6.